The smallest absolute Gasteiger partial charge is 0.331 e. The number of imide groups is 2. The number of carbonyl (C=O) groups excluding carboxylic acids is 4. The van der Waals surface area contributed by atoms with Crippen molar-refractivity contribution in [3.63, 3.8) is 0 Å². The second-order valence-corrected chi connectivity index (χ2v) is 9.36. The molecule has 184 valence electrons. The van der Waals surface area contributed by atoms with Crippen molar-refractivity contribution in [3.8, 4) is 0 Å². The van der Waals surface area contributed by atoms with Crippen LogP contribution in [0.15, 0.2) is 65.1 Å². The van der Waals surface area contributed by atoms with E-state index < -0.39 is 17.8 Å². The molecule has 1 aliphatic rings. The predicted molar refractivity (Wildman–Crippen MR) is 138 cm³/mol. The lowest BCUT2D eigenvalue weighted by Crippen LogP contribution is -2.34. The van der Waals surface area contributed by atoms with Crippen LogP contribution in [0, 0.1) is 6.92 Å². The highest BCUT2D eigenvalue weighted by Crippen LogP contribution is 2.29. The first-order valence-electron chi connectivity index (χ1n) is 10.9. The van der Waals surface area contributed by atoms with Gasteiger partial charge in [0.2, 0.25) is 0 Å². The molecule has 2 N–H and O–H groups in total. The van der Waals surface area contributed by atoms with Crippen LogP contribution >= 0.6 is 27.5 Å². The van der Waals surface area contributed by atoms with Gasteiger partial charge in [-0.25, -0.2) is 4.79 Å². The van der Waals surface area contributed by atoms with Gasteiger partial charge in [0.25, 0.3) is 0 Å². The predicted octanol–water partition coefficient (Wildman–Crippen LogP) is 4.98. The van der Waals surface area contributed by atoms with Crippen molar-refractivity contribution in [3.05, 3.63) is 92.4 Å². The van der Waals surface area contributed by atoms with Gasteiger partial charge in [0.05, 0.1) is 24.8 Å². The summed E-state index contributed by atoms with van der Waals surface area (Å²) in [5, 5.41) is 5.56. The van der Waals surface area contributed by atoms with Crippen molar-refractivity contribution in [1.82, 2.24) is 10.2 Å². The fourth-order valence-corrected chi connectivity index (χ4v) is 4.36. The van der Waals surface area contributed by atoms with Crippen molar-refractivity contribution < 1.29 is 23.9 Å². The zero-order valence-corrected chi connectivity index (χ0v) is 21.5. The minimum absolute atomic E-state index is 0.0425. The van der Waals surface area contributed by atoms with E-state index in [-0.39, 0.29) is 25.5 Å². The molecule has 36 heavy (non-hydrogen) atoms. The van der Waals surface area contributed by atoms with Crippen LogP contribution in [0.3, 0.4) is 0 Å². The second-order valence-electron chi connectivity index (χ2n) is 8.03. The number of nitrogens with one attached hydrogen (secondary N) is 2. The van der Waals surface area contributed by atoms with Gasteiger partial charge in [-0.15, -0.1) is 0 Å². The van der Waals surface area contributed by atoms with Crippen LogP contribution in [-0.4, -0.2) is 41.7 Å². The largest absolute Gasteiger partial charge is 0.375 e. The number of ether oxygens (including phenoxy) is 1. The first-order valence-corrected chi connectivity index (χ1v) is 12.1. The second kappa shape index (κ2) is 11.0. The number of urea groups is 1. The molecule has 1 heterocycles. The molecule has 1 aliphatic heterocycles. The Labute approximate surface area is 220 Å². The highest BCUT2D eigenvalue weighted by atomic mass is 79.9. The summed E-state index contributed by atoms with van der Waals surface area (Å²) >= 11 is 9.92. The maximum absolute atomic E-state index is 13.0. The number of halogens is 2. The normalized spacial score (nSPS) is 13.2. The highest BCUT2D eigenvalue weighted by Gasteiger charge is 2.36. The number of nitrogens with zero attached hydrogens (tertiary/aromatic N) is 1. The standard InChI is InChI=1S/C26H21BrClN3O5/c1-15-4-2-3-5-19(15)23(32)20-8-7-18(13-21(20)28)29-22-9-6-17(27)12-16(22)14-36-11-10-31-25(34)24(33)30-26(31)35/h2-9,12-13,29H,10-11,14H2,1H3,(H,30,33,35). The van der Waals surface area contributed by atoms with Gasteiger partial charge in [-0.1, -0.05) is 51.8 Å². The molecule has 0 atom stereocenters. The van der Waals surface area contributed by atoms with E-state index in [9.17, 15) is 19.2 Å². The molecule has 4 rings (SSSR count). The maximum atomic E-state index is 13.0. The molecule has 1 saturated heterocycles. The SMILES string of the molecule is Cc1ccccc1C(=O)c1ccc(Nc2ccc(Br)cc2COCCN2C(=O)NC(=O)C2=O)cc1Cl. The highest BCUT2D eigenvalue weighted by molar-refractivity contribution is 9.10. The summed E-state index contributed by atoms with van der Waals surface area (Å²) in [6, 6.07) is 17.4. The number of amides is 4. The minimum Gasteiger partial charge on any atom is -0.375 e. The van der Waals surface area contributed by atoms with Crippen LogP contribution in [0.1, 0.15) is 27.0 Å². The third kappa shape index (κ3) is 5.64. The van der Waals surface area contributed by atoms with E-state index in [4.69, 9.17) is 16.3 Å². The topological polar surface area (TPSA) is 105 Å². The van der Waals surface area contributed by atoms with Gasteiger partial charge >= 0.3 is 17.8 Å². The van der Waals surface area contributed by atoms with Gasteiger partial charge in [0.15, 0.2) is 5.78 Å². The summed E-state index contributed by atoms with van der Waals surface area (Å²) in [7, 11) is 0. The Kier molecular flexibility index (Phi) is 7.83. The molecule has 0 aromatic heterocycles. The third-order valence-corrected chi connectivity index (χ3v) is 6.38. The maximum Gasteiger partial charge on any atom is 0.331 e. The lowest BCUT2D eigenvalue weighted by atomic mass is 9.99. The lowest BCUT2D eigenvalue weighted by molar-refractivity contribution is -0.140. The van der Waals surface area contributed by atoms with Crippen LogP contribution in [0.25, 0.3) is 0 Å². The first-order chi connectivity index (χ1) is 17.2. The van der Waals surface area contributed by atoms with Crippen molar-refractivity contribution in [2.45, 2.75) is 13.5 Å². The van der Waals surface area contributed by atoms with Gasteiger partial charge < -0.3 is 10.1 Å². The number of anilines is 2. The summed E-state index contributed by atoms with van der Waals surface area (Å²) in [5.41, 5.74) is 4.12. The summed E-state index contributed by atoms with van der Waals surface area (Å²) in [4.78, 5) is 48.3. The van der Waals surface area contributed by atoms with Gasteiger partial charge in [-0.05, 0) is 48.9 Å². The van der Waals surface area contributed by atoms with Crippen LogP contribution in [0.5, 0.6) is 0 Å². The van der Waals surface area contributed by atoms with Crippen LogP contribution in [0.4, 0.5) is 16.2 Å². The molecule has 1 fully saturated rings. The fourth-order valence-electron chi connectivity index (χ4n) is 3.68. The molecule has 0 aliphatic carbocycles. The van der Waals surface area contributed by atoms with E-state index >= 15 is 0 Å². The third-order valence-electron chi connectivity index (χ3n) is 5.57. The molecular weight excluding hydrogens is 550 g/mol. The molecule has 3 aromatic carbocycles. The fraction of sp³-hybridized carbons (Fsp3) is 0.154. The molecule has 8 nitrogen and oxygen atoms in total. The Bertz CT molecular complexity index is 1380. The van der Waals surface area contributed by atoms with E-state index in [0.717, 1.165) is 26.2 Å². The van der Waals surface area contributed by atoms with Crippen LogP contribution < -0.4 is 10.6 Å². The number of aryl methyl sites for hydroxylation is 1. The van der Waals surface area contributed by atoms with E-state index in [2.05, 4.69) is 21.2 Å². The molecule has 10 heteroatoms. The Balaban J connectivity index is 1.43. The van der Waals surface area contributed by atoms with Crippen molar-refractivity contribution in [2.75, 3.05) is 18.5 Å². The first kappa shape index (κ1) is 25.6. The van der Waals surface area contributed by atoms with Gasteiger partial charge in [0, 0.05) is 32.5 Å². The molecule has 0 bridgehead atoms. The summed E-state index contributed by atoms with van der Waals surface area (Å²) in [5.74, 6) is -1.98. The molecule has 0 saturated carbocycles. The van der Waals surface area contributed by atoms with Crippen molar-refractivity contribution in [1.29, 1.82) is 0 Å². The molecule has 0 unspecified atom stereocenters. The number of hydrogen-bond donors (Lipinski definition) is 2. The Hall–Kier alpha value is -3.53. The van der Waals surface area contributed by atoms with E-state index in [1.165, 1.54) is 0 Å². The van der Waals surface area contributed by atoms with Gasteiger partial charge in [0.1, 0.15) is 0 Å². The molecule has 0 spiro atoms. The number of hydrogen-bond acceptors (Lipinski definition) is 6. The van der Waals surface area contributed by atoms with E-state index in [1.807, 2.05) is 48.6 Å². The average molecular weight is 571 g/mol. The monoisotopic (exact) mass is 569 g/mol. The lowest BCUT2D eigenvalue weighted by Gasteiger charge is -2.15. The molecule has 0 radical (unpaired) electrons. The summed E-state index contributed by atoms with van der Waals surface area (Å²) in [6.45, 7) is 2.07. The van der Waals surface area contributed by atoms with Crippen molar-refractivity contribution in [2.24, 2.45) is 0 Å². The van der Waals surface area contributed by atoms with Crippen molar-refractivity contribution >= 4 is 62.5 Å². The zero-order valence-electron chi connectivity index (χ0n) is 19.1. The number of ketones is 1. The Morgan fingerprint density at radius 1 is 1.06 bits per heavy atom. The van der Waals surface area contributed by atoms with E-state index in [1.54, 1.807) is 24.3 Å². The quantitative estimate of drug-likeness (QED) is 0.163. The van der Waals surface area contributed by atoms with Crippen LogP contribution in [0.2, 0.25) is 5.02 Å². The Morgan fingerprint density at radius 3 is 2.53 bits per heavy atom. The van der Waals surface area contributed by atoms with Crippen LogP contribution in [-0.2, 0) is 20.9 Å². The summed E-state index contributed by atoms with van der Waals surface area (Å²) in [6.07, 6.45) is 0. The molecule has 4 amide bonds. The minimum atomic E-state index is -0.941. The molecule has 3 aromatic rings. The number of rotatable bonds is 9. The van der Waals surface area contributed by atoms with Gasteiger partial charge in [-0.2, -0.15) is 0 Å². The number of carbonyl (C=O) groups is 4. The Morgan fingerprint density at radius 2 is 1.83 bits per heavy atom. The number of benzene rings is 3. The zero-order chi connectivity index (χ0) is 25.8. The molecular formula is C26H21BrClN3O5. The summed E-state index contributed by atoms with van der Waals surface area (Å²) < 4.78 is 6.50. The van der Waals surface area contributed by atoms with E-state index in [0.29, 0.717) is 21.8 Å². The van der Waals surface area contributed by atoms with Gasteiger partial charge in [-0.3, -0.25) is 24.6 Å². The average Bonchev–Trinajstić information content (AvgIpc) is 3.09.